The lowest BCUT2D eigenvalue weighted by Gasteiger charge is -2.46. The van der Waals surface area contributed by atoms with Gasteiger partial charge in [0.25, 0.3) is 0 Å². The summed E-state index contributed by atoms with van der Waals surface area (Å²) in [7, 11) is 0. The largest absolute Gasteiger partial charge is 0.393 e. The molecule has 8 heteroatoms. The maximum absolute atomic E-state index is 14.8. The first-order chi connectivity index (χ1) is 21.3. The minimum Gasteiger partial charge on any atom is -0.393 e. The van der Waals surface area contributed by atoms with Crippen molar-refractivity contribution in [3.8, 4) is 0 Å². The van der Waals surface area contributed by atoms with E-state index >= 15 is 0 Å². The maximum atomic E-state index is 14.8. The van der Waals surface area contributed by atoms with Crippen LogP contribution in [0.2, 0.25) is 5.02 Å². The van der Waals surface area contributed by atoms with Gasteiger partial charge in [-0.1, -0.05) is 55.3 Å². The van der Waals surface area contributed by atoms with Gasteiger partial charge in [-0.2, -0.15) is 0 Å². The standard InChI is InChI=1S/C37H50ClFN2O4/c1-6-19-41(35(44)40-24(2)3)23-37(45)18-16-31-28-15-13-26(20-27(42)14-12-25(4)9-8-17-36(31,37)5)21-29(28)34(43)22-30-32(38)10-7-11-33(30)39/h7,9-11,13,15,21,24,27,31,42,45H,6,8,12,14,16-20,22-23H2,1-5H3,(H,40,44). The van der Waals surface area contributed by atoms with Crippen LogP contribution in [-0.4, -0.2) is 57.8 Å². The van der Waals surface area contributed by atoms with Crippen LogP contribution in [0.3, 0.4) is 0 Å². The van der Waals surface area contributed by atoms with Gasteiger partial charge in [-0.05, 0) is 107 Å². The van der Waals surface area contributed by atoms with Crippen LogP contribution in [0.5, 0.6) is 0 Å². The van der Waals surface area contributed by atoms with Crippen molar-refractivity contribution in [2.75, 3.05) is 13.1 Å². The van der Waals surface area contributed by atoms with Crippen molar-refractivity contribution in [2.45, 2.75) is 116 Å². The second-order valence-corrected chi connectivity index (χ2v) is 14.2. The Balaban J connectivity index is 1.81. The van der Waals surface area contributed by atoms with E-state index in [1.54, 1.807) is 11.0 Å². The molecule has 0 spiro atoms. The number of carbonyl (C=O) groups excluding carboxylic acids is 2. The van der Waals surface area contributed by atoms with Gasteiger partial charge in [-0.15, -0.1) is 0 Å². The third-order valence-electron chi connectivity index (χ3n) is 10.0. The Morgan fingerprint density at radius 1 is 1.18 bits per heavy atom. The molecule has 4 unspecified atom stereocenters. The number of hydrogen-bond donors (Lipinski definition) is 3. The summed E-state index contributed by atoms with van der Waals surface area (Å²) in [6.07, 6.45) is 6.41. The van der Waals surface area contributed by atoms with E-state index < -0.39 is 22.9 Å². The number of hydrogen-bond acceptors (Lipinski definition) is 4. The third kappa shape index (κ3) is 7.98. The molecule has 45 heavy (non-hydrogen) atoms. The van der Waals surface area contributed by atoms with Crippen LogP contribution < -0.4 is 5.32 Å². The Kier molecular flexibility index (Phi) is 11.5. The number of benzene rings is 2. The summed E-state index contributed by atoms with van der Waals surface area (Å²) in [4.78, 5) is 29.1. The summed E-state index contributed by atoms with van der Waals surface area (Å²) in [5.41, 5.74) is 1.60. The van der Waals surface area contributed by atoms with E-state index in [2.05, 4.69) is 25.2 Å². The lowest BCUT2D eigenvalue weighted by molar-refractivity contribution is -0.0770. The Hall–Kier alpha value is -2.74. The van der Waals surface area contributed by atoms with Crippen molar-refractivity contribution < 1.29 is 24.2 Å². The van der Waals surface area contributed by atoms with Crippen LogP contribution in [0.15, 0.2) is 48.0 Å². The third-order valence-corrected chi connectivity index (χ3v) is 10.4. The van der Waals surface area contributed by atoms with Gasteiger partial charge >= 0.3 is 6.03 Å². The molecule has 2 amide bonds. The number of nitrogens with zero attached hydrogens (tertiary/aromatic N) is 1. The smallest absolute Gasteiger partial charge is 0.317 e. The van der Waals surface area contributed by atoms with Crippen molar-refractivity contribution in [3.05, 3.63) is 81.1 Å². The summed E-state index contributed by atoms with van der Waals surface area (Å²) < 4.78 is 14.8. The highest BCUT2D eigenvalue weighted by molar-refractivity contribution is 6.31. The molecule has 2 aromatic rings. The predicted octanol–water partition coefficient (Wildman–Crippen LogP) is 7.77. The lowest BCUT2D eigenvalue weighted by Crippen LogP contribution is -2.56. The highest BCUT2D eigenvalue weighted by atomic mass is 35.5. The summed E-state index contributed by atoms with van der Waals surface area (Å²) in [5.74, 6) is -0.966. The number of allylic oxidation sites excluding steroid dienone is 2. The molecule has 0 heterocycles. The van der Waals surface area contributed by atoms with E-state index in [9.17, 15) is 24.2 Å². The van der Waals surface area contributed by atoms with Crippen LogP contribution in [0.1, 0.15) is 113 Å². The molecule has 0 radical (unpaired) electrons. The molecule has 4 atom stereocenters. The summed E-state index contributed by atoms with van der Waals surface area (Å²) in [6, 6.07) is 9.97. The van der Waals surface area contributed by atoms with Crippen molar-refractivity contribution in [2.24, 2.45) is 5.41 Å². The molecule has 246 valence electrons. The minimum absolute atomic E-state index is 0.0329. The molecule has 3 aliphatic carbocycles. The minimum atomic E-state index is -1.20. The average molecular weight is 641 g/mol. The molecular weight excluding hydrogens is 591 g/mol. The molecule has 0 aliphatic heterocycles. The Morgan fingerprint density at radius 2 is 1.93 bits per heavy atom. The van der Waals surface area contributed by atoms with Crippen molar-refractivity contribution in [1.82, 2.24) is 10.2 Å². The summed E-state index contributed by atoms with van der Waals surface area (Å²) in [6.45, 7) is 10.8. The van der Waals surface area contributed by atoms with Crippen molar-refractivity contribution in [1.29, 1.82) is 0 Å². The fourth-order valence-electron chi connectivity index (χ4n) is 7.37. The zero-order chi connectivity index (χ0) is 32.9. The molecule has 3 aliphatic rings. The Labute approximate surface area is 273 Å². The van der Waals surface area contributed by atoms with Crippen LogP contribution in [0.25, 0.3) is 0 Å². The number of aliphatic hydroxyl groups is 2. The van der Waals surface area contributed by atoms with Gasteiger partial charge in [0, 0.05) is 40.6 Å². The van der Waals surface area contributed by atoms with Crippen LogP contribution >= 0.6 is 11.6 Å². The number of halogens is 2. The normalized spacial score (nSPS) is 25.4. The molecule has 2 bridgehead atoms. The number of carbonyl (C=O) groups is 2. The van der Waals surface area contributed by atoms with E-state index in [-0.39, 0.29) is 47.3 Å². The van der Waals surface area contributed by atoms with Crippen LogP contribution in [0.4, 0.5) is 9.18 Å². The highest BCUT2D eigenvalue weighted by Gasteiger charge is 2.57. The number of urea groups is 1. The molecule has 1 fully saturated rings. The first kappa shape index (κ1) is 35.1. The van der Waals surface area contributed by atoms with E-state index in [0.29, 0.717) is 44.2 Å². The van der Waals surface area contributed by atoms with Gasteiger partial charge in [0.1, 0.15) is 5.82 Å². The number of rotatable bonds is 8. The van der Waals surface area contributed by atoms with Gasteiger partial charge in [0.15, 0.2) is 5.78 Å². The van der Waals surface area contributed by atoms with Gasteiger partial charge in [-0.25, -0.2) is 9.18 Å². The molecule has 2 aromatic carbocycles. The number of fused-ring (bicyclic) bond motifs is 8. The molecule has 3 N–H and O–H groups in total. The average Bonchev–Trinajstić information content (AvgIpc) is 3.22. The second kappa shape index (κ2) is 14.8. The first-order valence-electron chi connectivity index (χ1n) is 16.5. The predicted molar refractivity (Wildman–Crippen MR) is 178 cm³/mol. The van der Waals surface area contributed by atoms with E-state index in [1.165, 1.54) is 17.7 Å². The highest BCUT2D eigenvalue weighted by Crippen LogP contribution is 2.58. The number of amides is 2. The van der Waals surface area contributed by atoms with Gasteiger partial charge in [0.05, 0.1) is 18.2 Å². The van der Waals surface area contributed by atoms with Gasteiger partial charge in [-0.3, -0.25) is 4.79 Å². The second-order valence-electron chi connectivity index (χ2n) is 13.8. The zero-order valence-electron chi connectivity index (χ0n) is 27.5. The monoisotopic (exact) mass is 640 g/mol. The zero-order valence-corrected chi connectivity index (χ0v) is 28.2. The Bertz CT molecular complexity index is 1390. The van der Waals surface area contributed by atoms with Crippen LogP contribution in [-0.2, 0) is 12.8 Å². The topological polar surface area (TPSA) is 89.9 Å². The molecule has 0 saturated heterocycles. The fraction of sp³-hybridized carbons (Fsp3) is 0.568. The molecule has 1 saturated carbocycles. The number of nitrogens with one attached hydrogen (secondary N) is 1. The maximum Gasteiger partial charge on any atom is 0.317 e. The number of aliphatic hydroxyl groups excluding tert-OH is 1. The summed E-state index contributed by atoms with van der Waals surface area (Å²) in [5, 5.41) is 26.6. The Morgan fingerprint density at radius 3 is 2.62 bits per heavy atom. The van der Waals surface area contributed by atoms with E-state index in [0.717, 1.165) is 30.4 Å². The number of Topliss-reactive ketones (excluding diaryl/α,β-unsaturated/α-hetero) is 1. The molecule has 5 rings (SSSR count). The fourth-order valence-corrected chi connectivity index (χ4v) is 7.60. The first-order valence-corrected chi connectivity index (χ1v) is 16.9. The molecule has 6 nitrogen and oxygen atoms in total. The van der Waals surface area contributed by atoms with E-state index in [1.807, 2.05) is 39.0 Å². The van der Waals surface area contributed by atoms with Gasteiger partial charge in [0.2, 0.25) is 0 Å². The summed E-state index contributed by atoms with van der Waals surface area (Å²) >= 11 is 6.33. The van der Waals surface area contributed by atoms with Crippen molar-refractivity contribution in [3.63, 3.8) is 0 Å². The molecule has 0 aromatic heterocycles. The van der Waals surface area contributed by atoms with Crippen molar-refractivity contribution >= 4 is 23.4 Å². The lowest BCUT2D eigenvalue weighted by atomic mass is 9.64. The number of ketones is 1. The molecular formula is C37H50ClFN2O4. The van der Waals surface area contributed by atoms with Crippen LogP contribution in [0, 0.1) is 11.2 Å². The SMILES string of the molecule is CCCN(CC1(O)CCC2c3ccc(cc3C(=O)Cc3c(F)cccc3Cl)CC(O)CCC(C)=CCCC21C)C(=O)NC(C)C. The van der Waals surface area contributed by atoms with Gasteiger partial charge < -0.3 is 20.4 Å². The quantitative estimate of drug-likeness (QED) is 0.203. The van der Waals surface area contributed by atoms with E-state index in [4.69, 9.17) is 11.6 Å².